The number of nitrogens with zero attached hydrogens (tertiary/aromatic N) is 3. The molecule has 0 bridgehead atoms. The van der Waals surface area contributed by atoms with Crippen LogP contribution >= 0.6 is 25.3 Å². The fourth-order valence-electron chi connectivity index (χ4n) is 4.50. The van der Waals surface area contributed by atoms with Gasteiger partial charge in [-0.15, -0.1) is 31.8 Å². The van der Waals surface area contributed by atoms with Gasteiger partial charge in [-0.05, 0) is 31.5 Å². The molecule has 2 fully saturated rings. The molecule has 7 nitrogen and oxygen atoms in total. The molecular weight excluding hydrogens is 410 g/mol. The third-order valence-electron chi connectivity index (χ3n) is 5.89. The van der Waals surface area contributed by atoms with Gasteiger partial charge in [-0.2, -0.15) is 5.26 Å². The van der Waals surface area contributed by atoms with Crippen molar-refractivity contribution in [2.24, 2.45) is 5.41 Å². The molecule has 3 aliphatic rings. The second kappa shape index (κ2) is 6.34. The van der Waals surface area contributed by atoms with Crippen molar-refractivity contribution in [3.63, 3.8) is 0 Å². The predicted molar refractivity (Wildman–Crippen MR) is 112 cm³/mol. The molecule has 1 aromatic carbocycles. The number of ether oxygens (including phenoxy) is 2. The zero-order valence-corrected chi connectivity index (χ0v) is 17.9. The Balaban J connectivity index is 1.89. The first-order valence-corrected chi connectivity index (χ1v) is 10.0. The molecule has 4 atom stereocenters. The predicted octanol–water partition coefficient (Wildman–Crippen LogP) is 2.52. The Bertz CT molecular complexity index is 975. The van der Waals surface area contributed by atoms with Crippen molar-refractivity contribution in [1.29, 1.82) is 5.26 Å². The van der Waals surface area contributed by atoms with E-state index < -0.39 is 21.2 Å². The second-order valence-electron chi connectivity index (χ2n) is 7.94. The first-order valence-electron chi connectivity index (χ1n) is 9.12. The van der Waals surface area contributed by atoms with Gasteiger partial charge >= 0.3 is 0 Å². The summed E-state index contributed by atoms with van der Waals surface area (Å²) < 4.78 is 10.8. The molecule has 0 aliphatic carbocycles. The fraction of sp³-hybridized carbons (Fsp3) is 0.450. The van der Waals surface area contributed by atoms with Crippen molar-refractivity contribution >= 4 is 37.1 Å². The lowest BCUT2D eigenvalue weighted by Gasteiger charge is -2.51. The van der Waals surface area contributed by atoms with Gasteiger partial charge < -0.3 is 19.3 Å². The van der Waals surface area contributed by atoms with Gasteiger partial charge in [-0.3, -0.25) is 9.59 Å². The lowest BCUT2D eigenvalue weighted by Crippen LogP contribution is -2.70. The van der Waals surface area contributed by atoms with E-state index in [0.717, 1.165) is 0 Å². The summed E-state index contributed by atoms with van der Waals surface area (Å²) in [5.41, 5.74) is -0.369. The van der Waals surface area contributed by atoms with Crippen LogP contribution in [0.2, 0.25) is 0 Å². The number of thiol groups is 2. The van der Waals surface area contributed by atoms with Gasteiger partial charge in [0.25, 0.3) is 11.8 Å². The van der Waals surface area contributed by atoms with E-state index in [-0.39, 0.29) is 31.6 Å². The molecule has 4 rings (SSSR count). The zero-order chi connectivity index (χ0) is 21.2. The van der Waals surface area contributed by atoms with Crippen LogP contribution in [0.15, 0.2) is 30.9 Å². The molecule has 0 aromatic heterocycles. The van der Waals surface area contributed by atoms with Crippen LogP contribution in [0.3, 0.4) is 0 Å². The van der Waals surface area contributed by atoms with Gasteiger partial charge in [0.15, 0.2) is 21.2 Å². The van der Waals surface area contributed by atoms with Crippen molar-refractivity contribution in [3.8, 4) is 17.6 Å². The van der Waals surface area contributed by atoms with Crippen LogP contribution in [-0.4, -0.2) is 44.7 Å². The van der Waals surface area contributed by atoms with Crippen LogP contribution in [0, 0.1) is 16.7 Å². The van der Waals surface area contributed by atoms with Crippen molar-refractivity contribution in [2.75, 3.05) is 13.3 Å². The number of carbonyl (C=O) groups is 2. The van der Waals surface area contributed by atoms with Gasteiger partial charge in [0.1, 0.15) is 0 Å². The van der Waals surface area contributed by atoms with Gasteiger partial charge in [-0.25, -0.2) is 0 Å². The van der Waals surface area contributed by atoms with Crippen molar-refractivity contribution < 1.29 is 19.1 Å². The summed E-state index contributed by atoms with van der Waals surface area (Å²) in [7, 11) is 0. The maximum Gasteiger partial charge on any atom is 0.260 e. The van der Waals surface area contributed by atoms with E-state index in [0.29, 0.717) is 17.1 Å². The normalized spacial score (nSPS) is 35.5. The Morgan fingerprint density at radius 2 is 1.97 bits per heavy atom. The van der Waals surface area contributed by atoms with Crippen LogP contribution < -0.4 is 9.47 Å². The molecule has 0 radical (unpaired) electrons. The van der Waals surface area contributed by atoms with Gasteiger partial charge in [-0.1, -0.05) is 12.1 Å². The van der Waals surface area contributed by atoms with Crippen LogP contribution in [0.25, 0.3) is 0 Å². The molecule has 3 aliphatic heterocycles. The lowest BCUT2D eigenvalue weighted by atomic mass is 9.79. The third kappa shape index (κ3) is 2.58. The summed E-state index contributed by atoms with van der Waals surface area (Å²) in [5, 5.41) is 10.0. The summed E-state index contributed by atoms with van der Waals surface area (Å²) in [6.07, 6.45) is 1.63. The third-order valence-corrected chi connectivity index (χ3v) is 6.89. The van der Waals surface area contributed by atoms with E-state index in [1.165, 1.54) is 9.80 Å². The molecule has 2 unspecified atom stereocenters. The molecule has 2 amide bonds. The van der Waals surface area contributed by atoms with E-state index in [2.05, 4.69) is 37.9 Å². The molecule has 0 N–H and O–H groups in total. The van der Waals surface area contributed by atoms with E-state index in [9.17, 15) is 14.9 Å². The average molecular weight is 432 g/mol. The number of piperazine rings is 1. The molecule has 0 saturated carbocycles. The second-order valence-corrected chi connectivity index (χ2v) is 9.55. The number of hydrogen-bond donors (Lipinski definition) is 2. The Morgan fingerprint density at radius 3 is 2.62 bits per heavy atom. The number of amides is 2. The highest BCUT2D eigenvalue weighted by atomic mass is 32.1. The van der Waals surface area contributed by atoms with Crippen LogP contribution in [-0.2, 0) is 9.59 Å². The molecule has 3 heterocycles. The van der Waals surface area contributed by atoms with Gasteiger partial charge in [0.05, 0.1) is 17.5 Å². The molecule has 2 saturated heterocycles. The minimum atomic E-state index is -1.46. The molecule has 9 heteroatoms. The van der Waals surface area contributed by atoms with E-state index in [4.69, 9.17) is 9.47 Å². The Kier molecular flexibility index (Phi) is 4.37. The Hall–Kier alpha value is -2.31. The Morgan fingerprint density at radius 1 is 1.28 bits per heavy atom. The summed E-state index contributed by atoms with van der Waals surface area (Å²) in [6, 6.07) is 6.91. The minimum absolute atomic E-state index is 0.0841. The molecule has 1 aromatic rings. The number of rotatable bonds is 3. The molecule has 152 valence electrons. The van der Waals surface area contributed by atoms with Crippen LogP contribution in [0.1, 0.15) is 31.9 Å². The van der Waals surface area contributed by atoms with E-state index >= 15 is 0 Å². The smallest absolute Gasteiger partial charge is 0.260 e. The monoisotopic (exact) mass is 431 g/mol. The Labute approximate surface area is 180 Å². The summed E-state index contributed by atoms with van der Waals surface area (Å²) in [6.45, 7) is 7.26. The molecular formula is C20H21N3O4S2. The number of carbonyl (C=O) groups excluding carboxylic acids is 2. The van der Waals surface area contributed by atoms with Gasteiger partial charge in [0.2, 0.25) is 6.79 Å². The van der Waals surface area contributed by atoms with E-state index in [1.54, 1.807) is 38.1 Å². The highest BCUT2D eigenvalue weighted by Crippen LogP contribution is 2.60. The number of hydrogen-bond acceptors (Lipinski definition) is 7. The maximum atomic E-state index is 13.6. The number of fused-ring (bicyclic) bond motifs is 2. The SMILES string of the molecule is C=CCN1C(=O)C2(S)C[C@](C)(C#N)C(c3ccc4c(c3)OCO4)N2C(=O)[C@@]1(C)S. The quantitative estimate of drug-likeness (QED) is 0.568. The number of benzene rings is 1. The lowest BCUT2D eigenvalue weighted by molar-refractivity contribution is -0.164. The van der Waals surface area contributed by atoms with Crippen LogP contribution in [0.5, 0.6) is 11.5 Å². The first-order chi connectivity index (χ1) is 13.6. The summed E-state index contributed by atoms with van der Waals surface area (Å²) in [5.74, 6) is 0.374. The summed E-state index contributed by atoms with van der Waals surface area (Å²) in [4.78, 5) is 27.0. The zero-order valence-electron chi connectivity index (χ0n) is 16.1. The number of nitriles is 1. The highest BCUT2D eigenvalue weighted by Gasteiger charge is 2.69. The minimum Gasteiger partial charge on any atom is -0.454 e. The fourth-order valence-corrected chi connectivity index (χ4v) is 5.44. The molecule has 0 spiro atoms. The highest BCUT2D eigenvalue weighted by molar-refractivity contribution is 7.83. The molecule has 29 heavy (non-hydrogen) atoms. The van der Waals surface area contributed by atoms with Crippen molar-refractivity contribution in [1.82, 2.24) is 9.80 Å². The topological polar surface area (TPSA) is 82.9 Å². The van der Waals surface area contributed by atoms with Gasteiger partial charge in [0, 0.05) is 13.0 Å². The van der Waals surface area contributed by atoms with Crippen molar-refractivity contribution in [2.45, 2.75) is 36.1 Å². The van der Waals surface area contributed by atoms with Crippen molar-refractivity contribution in [3.05, 3.63) is 36.4 Å². The average Bonchev–Trinajstić information content (AvgIpc) is 3.24. The standard InChI is InChI=1S/C20H21N3O4S2/c1-4-7-22-17(25)20(29)9-18(2,10-21)15(23(20)16(24)19(22,3)28)12-5-6-13-14(8-12)27-11-26-13/h4-6,8,15,28-29H,1,7,9,11H2,2-3H3/t15?,18-,19-,20?/m1/s1. The first kappa shape index (κ1) is 20.0. The van der Waals surface area contributed by atoms with E-state index in [1.807, 2.05) is 0 Å². The van der Waals surface area contributed by atoms with Crippen LogP contribution in [0.4, 0.5) is 0 Å². The summed E-state index contributed by atoms with van der Waals surface area (Å²) >= 11 is 9.22. The maximum absolute atomic E-state index is 13.6. The largest absolute Gasteiger partial charge is 0.454 e.